The van der Waals surface area contributed by atoms with Crippen LogP contribution in [0.2, 0.25) is 0 Å². The van der Waals surface area contributed by atoms with Crippen molar-refractivity contribution in [2.45, 2.75) is 19.4 Å². The van der Waals surface area contributed by atoms with Crippen LogP contribution in [0.25, 0.3) is 11.0 Å². The summed E-state index contributed by atoms with van der Waals surface area (Å²) < 4.78 is 18.4. The van der Waals surface area contributed by atoms with Gasteiger partial charge in [-0.15, -0.1) is 0 Å². The molecule has 0 aliphatic carbocycles. The van der Waals surface area contributed by atoms with Crippen molar-refractivity contribution in [3.05, 3.63) is 18.2 Å². The van der Waals surface area contributed by atoms with Crippen molar-refractivity contribution in [2.75, 3.05) is 24.9 Å². The zero-order valence-electron chi connectivity index (χ0n) is 11.4. The molecular formula is C13H19N3O2S. The summed E-state index contributed by atoms with van der Waals surface area (Å²) >= 11 is 0. The largest absolute Gasteiger partial charge is 0.497 e. The number of hydrogen-bond donors (Lipinski definition) is 1. The summed E-state index contributed by atoms with van der Waals surface area (Å²) in [5, 5.41) is 0. The van der Waals surface area contributed by atoms with Gasteiger partial charge in [0.2, 0.25) is 5.95 Å². The molecule has 0 aliphatic heterocycles. The second-order valence-electron chi connectivity index (χ2n) is 4.61. The van der Waals surface area contributed by atoms with E-state index in [9.17, 15) is 4.21 Å². The van der Waals surface area contributed by atoms with Gasteiger partial charge in [0.15, 0.2) is 0 Å². The van der Waals surface area contributed by atoms with E-state index in [-0.39, 0.29) is 6.04 Å². The van der Waals surface area contributed by atoms with Crippen molar-refractivity contribution >= 4 is 27.8 Å². The lowest BCUT2D eigenvalue weighted by atomic mass is 10.2. The summed E-state index contributed by atoms with van der Waals surface area (Å²) in [6, 6.07) is 5.84. The first kappa shape index (κ1) is 13.9. The minimum atomic E-state index is -0.793. The molecule has 2 aromatic rings. The quantitative estimate of drug-likeness (QED) is 0.909. The van der Waals surface area contributed by atoms with Gasteiger partial charge in [-0.25, -0.2) is 4.98 Å². The Hall–Kier alpha value is -1.56. The van der Waals surface area contributed by atoms with E-state index < -0.39 is 10.8 Å². The molecule has 1 aromatic heterocycles. The number of imidazole rings is 1. The van der Waals surface area contributed by atoms with Crippen LogP contribution in [0.15, 0.2) is 18.2 Å². The van der Waals surface area contributed by atoms with Gasteiger partial charge < -0.3 is 15.0 Å². The van der Waals surface area contributed by atoms with Gasteiger partial charge in [-0.1, -0.05) is 0 Å². The molecule has 2 unspecified atom stereocenters. The van der Waals surface area contributed by atoms with E-state index in [1.807, 2.05) is 22.8 Å². The average Bonchev–Trinajstić information content (AvgIpc) is 2.70. The fraction of sp³-hybridized carbons (Fsp3) is 0.462. The number of nitrogens with two attached hydrogens (primary N) is 1. The summed E-state index contributed by atoms with van der Waals surface area (Å²) in [6.45, 7) is 2.06. The van der Waals surface area contributed by atoms with Crippen molar-refractivity contribution in [1.29, 1.82) is 0 Å². The predicted octanol–water partition coefficient (Wildman–Crippen LogP) is 1.96. The first-order chi connectivity index (χ1) is 9.02. The number of fused-ring (bicyclic) bond motifs is 1. The molecular weight excluding hydrogens is 262 g/mol. The normalized spacial score (nSPS) is 14.5. The zero-order chi connectivity index (χ0) is 14.0. The highest BCUT2D eigenvalue weighted by Gasteiger charge is 2.15. The minimum Gasteiger partial charge on any atom is -0.497 e. The molecule has 0 radical (unpaired) electrons. The number of anilines is 1. The van der Waals surface area contributed by atoms with Crippen LogP contribution in [0.1, 0.15) is 19.4 Å². The summed E-state index contributed by atoms with van der Waals surface area (Å²) in [5.74, 6) is 1.92. The first-order valence-corrected chi connectivity index (χ1v) is 7.87. The third-order valence-corrected chi connectivity index (χ3v) is 4.00. The summed E-state index contributed by atoms with van der Waals surface area (Å²) in [4.78, 5) is 4.35. The Bertz CT molecular complexity index is 609. The van der Waals surface area contributed by atoms with Gasteiger partial charge in [-0.05, 0) is 25.5 Å². The molecule has 0 saturated carbocycles. The van der Waals surface area contributed by atoms with Crippen molar-refractivity contribution in [3.8, 4) is 5.75 Å². The van der Waals surface area contributed by atoms with Gasteiger partial charge in [0, 0.05) is 34.9 Å². The van der Waals surface area contributed by atoms with E-state index in [1.165, 1.54) is 0 Å². The number of benzene rings is 1. The lowest BCUT2D eigenvalue weighted by Crippen LogP contribution is -2.11. The molecule has 0 aliphatic rings. The first-order valence-electron chi connectivity index (χ1n) is 6.14. The molecule has 1 aromatic carbocycles. The number of methoxy groups -OCH3 is 1. The predicted molar refractivity (Wildman–Crippen MR) is 79.0 cm³/mol. The SMILES string of the molecule is COc1ccc2nc(N)n(C(C)CCS(C)=O)c2c1. The van der Waals surface area contributed by atoms with Crippen LogP contribution in [-0.2, 0) is 10.8 Å². The third kappa shape index (κ3) is 2.89. The van der Waals surface area contributed by atoms with Crippen LogP contribution < -0.4 is 10.5 Å². The Labute approximate surface area is 115 Å². The van der Waals surface area contributed by atoms with Crippen LogP contribution in [0, 0.1) is 0 Å². The molecule has 2 rings (SSSR count). The highest BCUT2D eigenvalue weighted by Crippen LogP contribution is 2.27. The number of nitrogens with zero attached hydrogens (tertiary/aromatic N) is 2. The maximum absolute atomic E-state index is 11.2. The van der Waals surface area contributed by atoms with Crippen molar-refractivity contribution in [1.82, 2.24) is 9.55 Å². The molecule has 0 spiro atoms. The second kappa shape index (κ2) is 5.61. The zero-order valence-corrected chi connectivity index (χ0v) is 12.2. The van der Waals surface area contributed by atoms with Gasteiger partial charge in [-0.2, -0.15) is 0 Å². The maximum Gasteiger partial charge on any atom is 0.201 e. The number of nitrogen functional groups attached to an aromatic ring is 1. The van der Waals surface area contributed by atoms with Gasteiger partial charge in [-0.3, -0.25) is 4.21 Å². The molecule has 1 heterocycles. The number of ether oxygens (including phenoxy) is 1. The molecule has 104 valence electrons. The molecule has 2 atom stereocenters. The third-order valence-electron chi connectivity index (χ3n) is 3.19. The molecule has 0 amide bonds. The number of aromatic nitrogens is 2. The summed E-state index contributed by atoms with van der Waals surface area (Å²) in [6.07, 6.45) is 2.51. The van der Waals surface area contributed by atoms with Crippen LogP contribution in [0.5, 0.6) is 5.75 Å². The fourth-order valence-electron chi connectivity index (χ4n) is 2.15. The van der Waals surface area contributed by atoms with Crippen molar-refractivity contribution in [3.63, 3.8) is 0 Å². The highest BCUT2D eigenvalue weighted by molar-refractivity contribution is 7.84. The summed E-state index contributed by atoms with van der Waals surface area (Å²) in [7, 11) is 0.840. The molecule has 5 nitrogen and oxygen atoms in total. The Morgan fingerprint density at radius 2 is 2.26 bits per heavy atom. The Morgan fingerprint density at radius 1 is 1.53 bits per heavy atom. The molecule has 0 saturated heterocycles. The topological polar surface area (TPSA) is 70.1 Å². The summed E-state index contributed by atoms with van der Waals surface area (Å²) in [5.41, 5.74) is 7.79. The molecule has 6 heteroatoms. The Kier molecular flexibility index (Phi) is 4.09. The van der Waals surface area contributed by atoms with Crippen molar-refractivity contribution in [2.24, 2.45) is 0 Å². The van der Waals surface area contributed by atoms with Gasteiger partial charge >= 0.3 is 0 Å². The van der Waals surface area contributed by atoms with E-state index in [0.717, 1.165) is 23.2 Å². The smallest absolute Gasteiger partial charge is 0.201 e. The molecule has 2 N–H and O–H groups in total. The average molecular weight is 281 g/mol. The second-order valence-corrected chi connectivity index (χ2v) is 6.16. The van der Waals surface area contributed by atoms with E-state index in [2.05, 4.69) is 11.9 Å². The van der Waals surface area contributed by atoms with E-state index in [0.29, 0.717) is 11.7 Å². The highest BCUT2D eigenvalue weighted by atomic mass is 32.2. The van der Waals surface area contributed by atoms with E-state index >= 15 is 0 Å². The molecule has 0 fully saturated rings. The van der Waals surface area contributed by atoms with E-state index in [1.54, 1.807) is 13.4 Å². The lowest BCUT2D eigenvalue weighted by Gasteiger charge is -2.15. The maximum atomic E-state index is 11.2. The lowest BCUT2D eigenvalue weighted by molar-refractivity contribution is 0.415. The Balaban J connectivity index is 2.40. The van der Waals surface area contributed by atoms with Crippen LogP contribution in [0.4, 0.5) is 5.95 Å². The molecule has 19 heavy (non-hydrogen) atoms. The fourth-order valence-corrected chi connectivity index (χ4v) is 2.82. The van der Waals surface area contributed by atoms with Gasteiger partial charge in [0.1, 0.15) is 5.75 Å². The van der Waals surface area contributed by atoms with Crippen molar-refractivity contribution < 1.29 is 8.95 Å². The standard InChI is InChI=1S/C13H19N3O2S/c1-9(6-7-19(3)17)16-12-8-10(18-2)4-5-11(12)15-13(16)14/h4-5,8-9H,6-7H2,1-3H3,(H2,14,15). The molecule has 0 bridgehead atoms. The van der Waals surface area contributed by atoms with Crippen LogP contribution in [-0.4, -0.2) is 32.9 Å². The number of rotatable bonds is 5. The van der Waals surface area contributed by atoms with E-state index in [4.69, 9.17) is 10.5 Å². The monoisotopic (exact) mass is 281 g/mol. The van der Waals surface area contributed by atoms with Crippen LogP contribution in [0.3, 0.4) is 0 Å². The van der Waals surface area contributed by atoms with Gasteiger partial charge in [0.05, 0.1) is 18.1 Å². The Morgan fingerprint density at radius 3 is 2.89 bits per heavy atom. The number of hydrogen-bond acceptors (Lipinski definition) is 4. The minimum absolute atomic E-state index is 0.154. The van der Waals surface area contributed by atoms with Gasteiger partial charge in [0.25, 0.3) is 0 Å². The van der Waals surface area contributed by atoms with Crippen LogP contribution >= 0.6 is 0 Å².